The predicted octanol–water partition coefficient (Wildman–Crippen LogP) is 2.95. The number of fused-ring (bicyclic) bond motifs is 1. The molecule has 0 spiro atoms. The van der Waals surface area contributed by atoms with Gasteiger partial charge in [0.15, 0.2) is 0 Å². The number of anilines is 1. The summed E-state index contributed by atoms with van der Waals surface area (Å²) in [5, 5.41) is 7.45. The molecule has 7 heteroatoms. The van der Waals surface area contributed by atoms with Gasteiger partial charge in [-0.1, -0.05) is 30.3 Å². The van der Waals surface area contributed by atoms with Gasteiger partial charge in [-0.05, 0) is 29.8 Å². The Morgan fingerprint density at radius 1 is 1.12 bits per heavy atom. The second-order valence-corrected chi connectivity index (χ2v) is 7.56. The molecule has 0 saturated carbocycles. The lowest BCUT2D eigenvalue weighted by Crippen LogP contribution is -2.18. The van der Waals surface area contributed by atoms with Gasteiger partial charge >= 0.3 is 0 Å². The Balaban J connectivity index is 1.63. The quantitative estimate of drug-likeness (QED) is 0.769. The molecule has 1 N–H and O–H groups in total. The van der Waals surface area contributed by atoms with Crippen LogP contribution in [0.5, 0.6) is 0 Å². The Morgan fingerprint density at radius 3 is 2.58 bits per heavy atom. The lowest BCUT2D eigenvalue weighted by Gasteiger charge is -2.11. The molecule has 2 aromatic carbocycles. The van der Waals surface area contributed by atoms with Crippen molar-refractivity contribution >= 4 is 22.5 Å². The van der Waals surface area contributed by atoms with Crippen LogP contribution < -0.4 is 5.32 Å². The summed E-state index contributed by atoms with van der Waals surface area (Å²) in [6.45, 7) is 0. The zero-order valence-electron chi connectivity index (χ0n) is 13.8. The molecular weight excluding hydrogens is 353 g/mol. The van der Waals surface area contributed by atoms with Gasteiger partial charge in [0.1, 0.15) is 11.6 Å². The summed E-state index contributed by atoms with van der Waals surface area (Å²) in [5.41, 5.74) is 3.11. The number of aromatic nitrogens is 2. The first-order valence-electron chi connectivity index (χ1n) is 8.15. The van der Waals surface area contributed by atoms with E-state index in [0.717, 1.165) is 22.5 Å². The summed E-state index contributed by atoms with van der Waals surface area (Å²) < 4.78 is 26.6. The molecule has 5 nitrogen and oxygen atoms in total. The first-order chi connectivity index (χ1) is 12.6. The monoisotopic (exact) mass is 369 g/mol. The van der Waals surface area contributed by atoms with E-state index in [-0.39, 0.29) is 18.1 Å². The molecule has 0 radical (unpaired) electrons. The van der Waals surface area contributed by atoms with E-state index in [2.05, 4.69) is 10.4 Å². The molecule has 2 heterocycles. The minimum absolute atomic E-state index is 0.123. The molecule has 0 aliphatic carbocycles. The number of hydrogen-bond acceptors (Lipinski definition) is 3. The average Bonchev–Trinajstić information content (AvgIpc) is 3.15. The van der Waals surface area contributed by atoms with E-state index in [0.29, 0.717) is 17.3 Å². The molecule has 1 aliphatic heterocycles. The van der Waals surface area contributed by atoms with Crippen LogP contribution in [0.3, 0.4) is 0 Å². The van der Waals surface area contributed by atoms with E-state index in [1.54, 1.807) is 16.8 Å². The van der Waals surface area contributed by atoms with Gasteiger partial charge in [0.05, 0.1) is 29.3 Å². The third kappa shape index (κ3) is 3.30. The third-order valence-corrected chi connectivity index (χ3v) is 5.41. The van der Waals surface area contributed by atoms with Crippen molar-refractivity contribution in [1.29, 1.82) is 0 Å². The van der Waals surface area contributed by atoms with Crippen molar-refractivity contribution in [2.24, 2.45) is 0 Å². The molecule has 26 heavy (non-hydrogen) atoms. The van der Waals surface area contributed by atoms with Gasteiger partial charge in [-0.25, -0.2) is 9.07 Å². The van der Waals surface area contributed by atoms with Crippen LogP contribution in [0.25, 0.3) is 5.69 Å². The van der Waals surface area contributed by atoms with Gasteiger partial charge < -0.3 is 5.32 Å². The molecule has 4 rings (SSSR count). The fourth-order valence-electron chi connectivity index (χ4n) is 2.98. The van der Waals surface area contributed by atoms with Crippen LogP contribution in [0.4, 0.5) is 10.2 Å². The predicted molar refractivity (Wildman–Crippen MR) is 97.8 cm³/mol. The first-order valence-corrected chi connectivity index (χ1v) is 9.64. The van der Waals surface area contributed by atoms with Crippen molar-refractivity contribution in [3.8, 4) is 5.69 Å². The molecular formula is C19H16FN3O2S. The third-order valence-electron chi connectivity index (χ3n) is 4.21. The zero-order chi connectivity index (χ0) is 18.1. The highest BCUT2D eigenvalue weighted by Gasteiger charge is 2.28. The SMILES string of the molecule is O=C(Cc1ccc(F)cc1)Nc1c2c(nn1-c1ccccc1)C[S@](=O)C2. The Morgan fingerprint density at radius 2 is 1.85 bits per heavy atom. The van der Waals surface area contributed by atoms with Crippen LogP contribution in [0, 0.1) is 5.82 Å². The Kier molecular flexibility index (Phi) is 4.38. The molecule has 132 valence electrons. The summed E-state index contributed by atoms with van der Waals surface area (Å²) in [7, 11) is -0.987. The van der Waals surface area contributed by atoms with Gasteiger partial charge in [0.25, 0.3) is 0 Å². The molecule has 0 saturated heterocycles. The Hall–Kier alpha value is -2.80. The Bertz CT molecular complexity index is 984. The molecule has 0 fully saturated rings. The number of carbonyl (C=O) groups excluding carboxylic acids is 1. The number of rotatable bonds is 4. The van der Waals surface area contributed by atoms with Crippen LogP contribution in [0.1, 0.15) is 16.8 Å². The highest BCUT2D eigenvalue weighted by Crippen LogP contribution is 2.31. The number of nitrogens with zero attached hydrogens (tertiary/aromatic N) is 2. The van der Waals surface area contributed by atoms with E-state index < -0.39 is 10.8 Å². The van der Waals surface area contributed by atoms with Gasteiger partial charge in [0, 0.05) is 16.4 Å². The largest absolute Gasteiger partial charge is 0.310 e. The van der Waals surface area contributed by atoms with Crippen molar-refractivity contribution in [1.82, 2.24) is 9.78 Å². The van der Waals surface area contributed by atoms with E-state index in [4.69, 9.17) is 0 Å². The minimum atomic E-state index is -0.987. The number of para-hydroxylation sites is 1. The zero-order valence-corrected chi connectivity index (χ0v) is 14.6. The number of amides is 1. The fraction of sp³-hybridized carbons (Fsp3) is 0.158. The maximum absolute atomic E-state index is 13.0. The van der Waals surface area contributed by atoms with E-state index in [9.17, 15) is 13.4 Å². The van der Waals surface area contributed by atoms with Crippen LogP contribution in [-0.4, -0.2) is 19.9 Å². The van der Waals surface area contributed by atoms with E-state index in [1.807, 2.05) is 30.3 Å². The van der Waals surface area contributed by atoms with Crippen LogP contribution in [0.2, 0.25) is 0 Å². The second-order valence-electron chi connectivity index (χ2n) is 6.10. The number of benzene rings is 2. The van der Waals surface area contributed by atoms with Crippen molar-refractivity contribution in [3.63, 3.8) is 0 Å². The second kappa shape index (κ2) is 6.84. The first kappa shape index (κ1) is 16.7. The van der Waals surface area contributed by atoms with Crippen LogP contribution >= 0.6 is 0 Å². The van der Waals surface area contributed by atoms with Crippen molar-refractivity contribution in [2.75, 3.05) is 5.32 Å². The maximum Gasteiger partial charge on any atom is 0.229 e. The standard InChI is InChI=1S/C19H16FN3O2S/c20-14-8-6-13(7-9-14)10-18(24)21-19-16-11-26(25)12-17(16)22-23(19)15-4-2-1-3-5-15/h1-9H,10-12H2,(H,21,24)/t26-/m1/s1. The molecule has 0 unspecified atom stereocenters. The Labute approximate surface area is 152 Å². The molecule has 1 amide bonds. The number of carbonyl (C=O) groups is 1. The summed E-state index contributed by atoms with van der Waals surface area (Å²) in [6.07, 6.45) is 0.123. The van der Waals surface area contributed by atoms with Gasteiger partial charge in [0.2, 0.25) is 5.91 Å². The van der Waals surface area contributed by atoms with Crippen LogP contribution in [-0.2, 0) is 33.5 Å². The van der Waals surface area contributed by atoms with Gasteiger partial charge in [-0.3, -0.25) is 9.00 Å². The molecule has 1 atom stereocenters. The lowest BCUT2D eigenvalue weighted by atomic mass is 10.1. The molecule has 1 aliphatic rings. The number of halogens is 1. The fourth-order valence-corrected chi connectivity index (χ4v) is 4.24. The smallest absolute Gasteiger partial charge is 0.229 e. The lowest BCUT2D eigenvalue weighted by molar-refractivity contribution is -0.115. The summed E-state index contributed by atoms with van der Waals surface area (Å²) in [6, 6.07) is 15.3. The minimum Gasteiger partial charge on any atom is -0.310 e. The van der Waals surface area contributed by atoms with Gasteiger partial charge in [-0.15, -0.1) is 0 Å². The van der Waals surface area contributed by atoms with Crippen molar-refractivity contribution in [3.05, 3.63) is 77.2 Å². The topological polar surface area (TPSA) is 64.0 Å². The maximum atomic E-state index is 13.0. The molecule has 0 bridgehead atoms. The summed E-state index contributed by atoms with van der Waals surface area (Å²) in [4.78, 5) is 12.5. The summed E-state index contributed by atoms with van der Waals surface area (Å²) in [5.74, 6) is 0.777. The normalized spacial score (nSPS) is 15.7. The number of nitrogens with one attached hydrogen (secondary N) is 1. The highest BCUT2D eigenvalue weighted by atomic mass is 32.2. The summed E-state index contributed by atoms with van der Waals surface area (Å²) >= 11 is 0. The van der Waals surface area contributed by atoms with Crippen LogP contribution in [0.15, 0.2) is 54.6 Å². The van der Waals surface area contributed by atoms with Gasteiger partial charge in [-0.2, -0.15) is 5.10 Å². The average molecular weight is 369 g/mol. The number of hydrogen-bond donors (Lipinski definition) is 1. The van der Waals surface area contributed by atoms with Crippen molar-refractivity contribution in [2.45, 2.75) is 17.9 Å². The van der Waals surface area contributed by atoms with E-state index >= 15 is 0 Å². The molecule has 3 aromatic rings. The molecule has 1 aromatic heterocycles. The van der Waals surface area contributed by atoms with E-state index in [1.165, 1.54) is 12.1 Å². The van der Waals surface area contributed by atoms with Crippen molar-refractivity contribution < 1.29 is 13.4 Å². The highest BCUT2D eigenvalue weighted by molar-refractivity contribution is 7.83.